The number of para-hydroxylation sites is 7. The first kappa shape index (κ1) is 83.9. The molecule has 0 aliphatic heterocycles. The van der Waals surface area contributed by atoms with E-state index in [-0.39, 0.29) is 0 Å². The smallest absolute Gasteiger partial charge is 0.137 e. The average Bonchev–Trinajstić information content (AvgIpc) is 1.72. The summed E-state index contributed by atoms with van der Waals surface area (Å²) < 4.78 is 27.0. The van der Waals surface area contributed by atoms with E-state index in [1.54, 1.807) is 0 Å². The van der Waals surface area contributed by atoms with E-state index >= 15 is 0 Å². The zero-order chi connectivity index (χ0) is 93.2. The Morgan fingerprint density at radius 3 is 0.773 bits per heavy atom. The van der Waals surface area contributed by atoms with Crippen LogP contribution in [-0.2, 0) is 0 Å². The first-order chi connectivity index (χ1) is 69.9. The van der Waals surface area contributed by atoms with Gasteiger partial charge >= 0.3 is 0 Å². The largest absolute Gasteiger partial charge is 0.456 e. The molecule has 6 aromatic heterocycles. The molecule has 0 aliphatic rings. The third-order valence-electron chi connectivity index (χ3n) is 27.3. The van der Waals surface area contributed by atoms with Crippen molar-refractivity contribution in [3.05, 3.63) is 516 Å². The topological polar surface area (TPSA) is 49.1 Å². The van der Waals surface area contributed by atoms with Crippen LogP contribution >= 0.6 is 34.0 Å². The molecule has 0 N–H and O–H groups in total. The molecule has 28 aromatic rings. The van der Waals surface area contributed by atoms with Crippen LogP contribution in [0.1, 0.15) is 0 Å². The van der Waals surface area contributed by atoms with Gasteiger partial charge in [-0.05, 0) is 213 Å². The molecule has 9 heteroatoms. The van der Waals surface area contributed by atoms with Crippen molar-refractivity contribution in [2.24, 2.45) is 0 Å². The highest BCUT2D eigenvalue weighted by atomic mass is 32.1. The summed E-state index contributed by atoms with van der Waals surface area (Å²) in [5, 5.41) is 14.4. The van der Waals surface area contributed by atoms with Crippen molar-refractivity contribution in [1.82, 2.24) is 0 Å². The zero-order valence-corrected chi connectivity index (χ0v) is 78.8. The van der Waals surface area contributed by atoms with Gasteiger partial charge in [0.05, 0.1) is 56.0 Å². The van der Waals surface area contributed by atoms with Crippen LogP contribution in [-0.4, -0.2) is 0 Å². The van der Waals surface area contributed by atoms with E-state index in [1.807, 2.05) is 64.3 Å². The number of nitrogens with zero attached hydrogens (tertiary/aromatic N) is 3. The number of hydrogen-bond acceptors (Lipinski definition) is 9. The standard InChI is InChI=1S/C48H31NOS.2C42H27NOS/c1-2-13-32(14-3-1)33-25-27-34(28-26-33)36-15-4-8-19-41(36)49(43-21-12-23-45-48(43)39-18-6-10-22-44(39)50-45)42-20-9-5-16-37(42)35-29-30-47-40(31-35)38-17-7-11-24-46(38)51-47;1-2-12-28(13-3-1)29-14-10-15-31(26-29)43(37-20-11-22-39-42(37)34-18-5-8-21-38(34)44-39)36-19-7-4-16-32(36)30-24-25-41-35(27-30)33-17-6-9-23-40(33)45-41;1-2-11-28(12-3-1)29-21-24-31(25-22-29)43(37-17-10-19-39-42(37)34-15-5-8-18-38(34)44-39)36-16-7-4-13-32(36)30-23-26-41-35(27-30)33-14-6-9-20-40(33)45-41/h1-31H;2*1-27H. The van der Waals surface area contributed by atoms with E-state index in [0.29, 0.717) is 0 Å². The summed E-state index contributed by atoms with van der Waals surface area (Å²) in [6.07, 6.45) is 0. The number of anilines is 9. The minimum atomic E-state index is 0.868. The Labute approximate surface area is 826 Å². The van der Waals surface area contributed by atoms with Crippen molar-refractivity contribution in [1.29, 1.82) is 0 Å². The highest BCUT2D eigenvalue weighted by molar-refractivity contribution is 7.26. The van der Waals surface area contributed by atoms with Gasteiger partial charge in [-0.15, -0.1) is 34.0 Å². The lowest BCUT2D eigenvalue weighted by Gasteiger charge is -2.30. The summed E-state index contributed by atoms with van der Waals surface area (Å²) in [6, 6.07) is 184. The van der Waals surface area contributed by atoms with Gasteiger partial charge in [0.25, 0.3) is 0 Å². The van der Waals surface area contributed by atoms with Crippen LogP contribution in [0, 0.1) is 0 Å². The van der Waals surface area contributed by atoms with Gasteiger partial charge in [-0.2, -0.15) is 0 Å². The van der Waals surface area contributed by atoms with Crippen molar-refractivity contribution in [2.75, 3.05) is 14.7 Å². The van der Waals surface area contributed by atoms with Gasteiger partial charge in [0, 0.05) is 110 Å². The predicted octanol–water partition coefficient (Wildman–Crippen LogP) is 39.9. The van der Waals surface area contributed by atoms with E-state index < -0.39 is 0 Å². The molecule has 0 fully saturated rings. The van der Waals surface area contributed by atoms with Crippen molar-refractivity contribution in [3.63, 3.8) is 0 Å². The monoisotopic (exact) mass is 1860 g/mol. The van der Waals surface area contributed by atoms with Crippen LogP contribution in [0.4, 0.5) is 51.2 Å². The lowest BCUT2D eigenvalue weighted by atomic mass is 9.96. The highest BCUT2D eigenvalue weighted by Crippen LogP contribution is 2.54. The van der Waals surface area contributed by atoms with Gasteiger partial charge in [-0.3, -0.25) is 0 Å². The van der Waals surface area contributed by atoms with Crippen molar-refractivity contribution >= 4 is 212 Å². The van der Waals surface area contributed by atoms with Gasteiger partial charge in [0.1, 0.15) is 33.5 Å². The molecule has 141 heavy (non-hydrogen) atoms. The second-order valence-electron chi connectivity index (χ2n) is 35.5. The maximum absolute atomic E-state index is 6.45. The Morgan fingerprint density at radius 2 is 0.383 bits per heavy atom. The molecule has 0 saturated heterocycles. The molecule has 28 rings (SSSR count). The first-order valence-corrected chi connectivity index (χ1v) is 50.1. The third kappa shape index (κ3) is 15.4. The maximum Gasteiger partial charge on any atom is 0.137 e. The van der Waals surface area contributed by atoms with Gasteiger partial charge in [-0.25, -0.2) is 0 Å². The van der Waals surface area contributed by atoms with E-state index in [4.69, 9.17) is 13.3 Å². The van der Waals surface area contributed by atoms with Crippen LogP contribution in [0.5, 0.6) is 0 Å². The Bertz CT molecular complexity index is 9610. The van der Waals surface area contributed by atoms with Crippen molar-refractivity contribution in [2.45, 2.75) is 0 Å². The predicted molar refractivity (Wildman–Crippen MR) is 602 cm³/mol. The molecule has 0 unspecified atom stereocenters. The van der Waals surface area contributed by atoms with Crippen LogP contribution in [0.2, 0.25) is 0 Å². The fourth-order valence-electron chi connectivity index (χ4n) is 20.7. The Morgan fingerprint density at radius 1 is 0.135 bits per heavy atom. The van der Waals surface area contributed by atoms with Crippen molar-refractivity contribution < 1.29 is 13.3 Å². The molecule has 6 nitrogen and oxygen atoms in total. The second kappa shape index (κ2) is 36.1. The molecule has 0 atom stereocenters. The SMILES string of the molecule is c1ccc(-c2ccc(-c3ccccc3N(c3ccccc3-c3ccc4sc5ccccc5c4c3)c3cccc4oc5ccccc5c34)cc2)cc1.c1ccc(-c2ccc(N(c3ccccc3-c3ccc4sc5ccccc5c4c3)c3cccc4oc5ccccc5c34)cc2)cc1.c1ccc(-c2cccc(N(c3ccccc3-c3ccc4sc5ccccc5c4c3)c3cccc4oc5ccccc5c34)c2)cc1. The Balaban J connectivity index is 0.000000109. The summed E-state index contributed by atoms with van der Waals surface area (Å²) in [4.78, 5) is 7.24. The average molecular weight is 1860 g/mol. The van der Waals surface area contributed by atoms with Crippen LogP contribution in [0.3, 0.4) is 0 Å². The number of furan rings is 3. The number of hydrogen-bond donors (Lipinski definition) is 0. The molecule has 0 spiro atoms. The number of thiophene rings is 3. The van der Waals surface area contributed by atoms with E-state index in [9.17, 15) is 0 Å². The van der Waals surface area contributed by atoms with Gasteiger partial charge < -0.3 is 28.0 Å². The molecular weight excluding hydrogens is 1770 g/mol. The molecule has 0 amide bonds. The lowest BCUT2D eigenvalue weighted by molar-refractivity contribution is 0.668. The summed E-state index contributed by atoms with van der Waals surface area (Å²) >= 11 is 5.56. The van der Waals surface area contributed by atoms with Crippen LogP contribution in [0.15, 0.2) is 529 Å². The molecule has 6 heterocycles. The summed E-state index contributed by atoms with van der Waals surface area (Å²) in [5.74, 6) is 0. The Kier molecular flexibility index (Phi) is 21.5. The fourth-order valence-corrected chi connectivity index (χ4v) is 24.0. The fraction of sp³-hybridized carbons (Fsp3) is 0. The van der Waals surface area contributed by atoms with Crippen LogP contribution < -0.4 is 14.7 Å². The zero-order valence-electron chi connectivity index (χ0n) is 76.4. The quantitative estimate of drug-likeness (QED) is 0.0961. The van der Waals surface area contributed by atoms with Gasteiger partial charge in [0.2, 0.25) is 0 Å². The number of benzene rings is 22. The summed E-state index contributed by atoms with van der Waals surface area (Å²) in [5.41, 5.74) is 31.6. The van der Waals surface area contributed by atoms with E-state index in [2.05, 4.69) is 500 Å². The van der Waals surface area contributed by atoms with Gasteiger partial charge in [0.15, 0.2) is 0 Å². The summed E-state index contributed by atoms with van der Waals surface area (Å²) in [7, 11) is 0. The molecule has 0 radical (unpaired) electrons. The minimum Gasteiger partial charge on any atom is -0.456 e. The normalized spacial score (nSPS) is 11.5. The molecular formula is C132H85N3O3S3. The molecule has 0 aliphatic carbocycles. The lowest BCUT2D eigenvalue weighted by Crippen LogP contribution is -2.12. The minimum absolute atomic E-state index is 0.868. The third-order valence-corrected chi connectivity index (χ3v) is 30.7. The molecule has 22 aromatic carbocycles. The first-order valence-electron chi connectivity index (χ1n) is 47.6. The molecule has 664 valence electrons. The number of fused-ring (bicyclic) bond motifs is 18. The molecule has 0 bridgehead atoms. The van der Waals surface area contributed by atoms with Crippen LogP contribution in [0.25, 0.3) is 204 Å². The number of rotatable bonds is 16. The van der Waals surface area contributed by atoms with Gasteiger partial charge in [-0.1, -0.05) is 358 Å². The van der Waals surface area contributed by atoms with E-state index in [1.165, 1.54) is 122 Å². The summed E-state index contributed by atoms with van der Waals surface area (Å²) in [6.45, 7) is 0. The van der Waals surface area contributed by atoms with Crippen molar-refractivity contribution in [3.8, 4) is 77.9 Å². The Hall–Kier alpha value is -17.7. The van der Waals surface area contributed by atoms with E-state index in [0.717, 1.165) is 134 Å². The molecule has 0 saturated carbocycles. The maximum atomic E-state index is 6.45. The highest BCUT2D eigenvalue weighted by Gasteiger charge is 2.29. The second-order valence-corrected chi connectivity index (χ2v) is 38.8.